The van der Waals surface area contributed by atoms with Crippen molar-refractivity contribution < 1.29 is 4.79 Å². The van der Waals surface area contributed by atoms with Crippen LogP contribution in [0.2, 0.25) is 0 Å². The predicted octanol–water partition coefficient (Wildman–Crippen LogP) is 3.31. The molecule has 0 saturated heterocycles. The van der Waals surface area contributed by atoms with E-state index in [0.717, 1.165) is 28.1 Å². The minimum Gasteiger partial charge on any atom is -0.354 e. The van der Waals surface area contributed by atoms with Crippen LogP contribution in [0.3, 0.4) is 0 Å². The fourth-order valence-corrected chi connectivity index (χ4v) is 4.81. The molecule has 27 heavy (non-hydrogen) atoms. The lowest BCUT2D eigenvalue weighted by Gasteiger charge is -2.42. The summed E-state index contributed by atoms with van der Waals surface area (Å²) in [4.78, 5) is 31.4. The van der Waals surface area contributed by atoms with Gasteiger partial charge in [-0.15, -0.1) is 11.3 Å². The molecule has 1 N–H and O–H groups in total. The summed E-state index contributed by atoms with van der Waals surface area (Å²) in [6.45, 7) is 4.53. The van der Waals surface area contributed by atoms with Gasteiger partial charge >= 0.3 is 0 Å². The molecule has 1 saturated carbocycles. The van der Waals surface area contributed by atoms with Crippen LogP contribution in [0, 0.1) is 13.8 Å². The van der Waals surface area contributed by atoms with E-state index in [0.29, 0.717) is 11.9 Å². The van der Waals surface area contributed by atoms with Crippen molar-refractivity contribution in [2.24, 2.45) is 0 Å². The molecule has 0 bridgehead atoms. The molecule has 1 amide bonds. The van der Waals surface area contributed by atoms with Crippen LogP contribution in [0.4, 0.5) is 0 Å². The summed E-state index contributed by atoms with van der Waals surface area (Å²) >= 11 is 1.52. The van der Waals surface area contributed by atoms with Gasteiger partial charge in [-0.1, -0.05) is 36.8 Å². The van der Waals surface area contributed by atoms with Crippen LogP contribution in [0.5, 0.6) is 0 Å². The summed E-state index contributed by atoms with van der Waals surface area (Å²) in [6, 6.07) is 10.4. The van der Waals surface area contributed by atoms with E-state index in [1.165, 1.54) is 34.2 Å². The third-order valence-electron chi connectivity index (χ3n) is 5.79. The van der Waals surface area contributed by atoms with Crippen molar-refractivity contribution >= 4 is 27.5 Å². The van der Waals surface area contributed by atoms with Gasteiger partial charge < -0.3 is 5.32 Å². The maximum atomic E-state index is 12.7. The first kappa shape index (κ1) is 17.9. The Labute approximate surface area is 162 Å². The topological polar surface area (TPSA) is 64.0 Å². The lowest BCUT2D eigenvalue weighted by molar-refractivity contribution is -0.122. The van der Waals surface area contributed by atoms with Gasteiger partial charge in [0.05, 0.1) is 11.7 Å². The van der Waals surface area contributed by atoms with E-state index < -0.39 is 0 Å². The number of benzene rings is 1. The molecule has 3 aromatic rings. The average molecular weight is 382 g/mol. The van der Waals surface area contributed by atoms with E-state index in [1.807, 2.05) is 32.0 Å². The number of fused-ring (bicyclic) bond motifs is 1. The number of thiophene rings is 1. The summed E-state index contributed by atoms with van der Waals surface area (Å²) in [5.41, 5.74) is 2.13. The Morgan fingerprint density at radius 1 is 1.26 bits per heavy atom. The second-order valence-electron chi connectivity index (χ2n) is 7.42. The fourth-order valence-electron chi connectivity index (χ4n) is 3.82. The number of nitrogens with one attached hydrogen (secondary N) is 1. The largest absolute Gasteiger partial charge is 0.354 e. The Kier molecular flexibility index (Phi) is 4.60. The van der Waals surface area contributed by atoms with Crippen molar-refractivity contribution in [3.8, 4) is 0 Å². The molecule has 0 atom stereocenters. The molecule has 1 aromatic carbocycles. The molecular formula is C21H23N3O2S. The molecule has 0 spiro atoms. The Hall–Kier alpha value is -2.47. The lowest BCUT2D eigenvalue weighted by atomic mass is 9.64. The second-order valence-corrected chi connectivity index (χ2v) is 8.62. The van der Waals surface area contributed by atoms with E-state index in [-0.39, 0.29) is 23.4 Å². The Morgan fingerprint density at radius 2 is 2.00 bits per heavy atom. The number of carbonyl (C=O) groups is 1. The normalized spacial score (nSPS) is 15.5. The van der Waals surface area contributed by atoms with Crippen molar-refractivity contribution in [3.05, 3.63) is 63.0 Å². The number of nitrogens with zero attached hydrogens (tertiary/aromatic N) is 2. The molecule has 5 nitrogen and oxygen atoms in total. The van der Waals surface area contributed by atoms with Gasteiger partial charge in [0.15, 0.2) is 0 Å². The molecule has 4 rings (SSSR count). The second kappa shape index (κ2) is 6.93. The zero-order chi connectivity index (χ0) is 19.0. The van der Waals surface area contributed by atoms with E-state index >= 15 is 0 Å². The first-order valence-electron chi connectivity index (χ1n) is 9.27. The van der Waals surface area contributed by atoms with Crippen LogP contribution < -0.4 is 10.9 Å². The highest BCUT2D eigenvalue weighted by atomic mass is 32.1. The van der Waals surface area contributed by atoms with Gasteiger partial charge in [-0.3, -0.25) is 14.2 Å². The summed E-state index contributed by atoms with van der Waals surface area (Å²) in [6.07, 6.45) is 4.83. The summed E-state index contributed by atoms with van der Waals surface area (Å²) in [5, 5.41) is 3.68. The molecule has 1 fully saturated rings. The highest BCUT2D eigenvalue weighted by Gasteiger charge is 2.38. The van der Waals surface area contributed by atoms with Gasteiger partial charge in [-0.25, -0.2) is 4.98 Å². The molecule has 2 heterocycles. The zero-order valence-corrected chi connectivity index (χ0v) is 16.4. The summed E-state index contributed by atoms with van der Waals surface area (Å²) < 4.78 is 1.41. The number of amides is 1. The van der Waals surface area contributed by atoms with Crippen molar-refractivity contribution in [1.29, 1.82) is 0 Å². The number of carbonyl (C=O) groups excluding carboxylic acids is 1. The number of hydrogen-bond donors (Lipinski definition) is 1. The van der Waals surface area contributed by atoms with Crippen molar-refractivity contribution in [2.45, 2.75) is 45.1 Å². The van der Waals surface area contributed by atoms with Crippen LogP contribution in [0.15, 0.2) is 41.5 Å². The summed E-state index contributed by atoms with van der Waals surface area (Å²) in [5.74, 6) is -0.148. The predicted molar refractivity (Wildman–Crippen MR) is 108 cm³/mol. The molecular weight excluding hydrogens is 358 g/mol. The fraction of sp³-hybridized carbons (Fsp3) is 0.381. The van der Waals surface area contributed by atoms with Crippen molar-refractivity contribution in [1.82, 2.24) is 14.9 Å². The van der Waals surface area contributed by atoms with Crippen LogP contribution in [-0.4, -0.2) is 22.0 Å². The van der Waals surface area contributed by atoms with Crippen LogP contribution in [0.1, 0.15) is 35.3 Å². The quantitative estimate of drug-likeness (QED) is 0.737. The Morgan fingerprint density at radius 3 is 2.67 bits per heavy atom. The lowest BCUT2D eigenvalue weighted by Crippen LogP contribution is -2.46. The number of rotatable bonds is 5. The molecule has 0 unspecified atom stereocenters. The number of aryl methyl sites for hydroxylation is 2. The van der Waals surface area contributed by atoms with Crippen molar-refractivity contribution in [2.75, 3.05) is 6.54 Å². The van der Waals surface area contributed by atoms with Crippen LogP contribution in [0.25, 0.3) is 10.2 Å². The molecule has 0 aliphatic heterocycles. The van der Waals surface area contributed by atoms with Gasteiger partial charge in [0.25, 0.3) is 5.56 Å². The Bertz CT molecular complexity index is 1050. The van der Waals surface area contributed by atoms with Gasteiger partial charge in [0.1, 0.15) is 11.4 Å². The van der Waals surface area contributed by atoms with Gasteiger partial charge in [0.2, 0.25) is 5.91 Å². The monoisotopic (exact) mass is 381 g/mol. The first-order chi connectivity index (χ1) is 13.0. The minimum atomic E-state index is -0.148. The average Bonchev–Trinajstić information content (AvgIpc) is 2.92. The molecule has 1 aliphatic carbocycles. The molecule has 6 heteroatoms. The van der Waals surface area contributed by atoms with Crippen molar-refractivity contribution in [3.63, 3.8) is 0 Å². The molecule has 1 aliphatic rings. The maximum Gasteiger partial charge on any atom is 0.262 e. The number of aromatic nitrogens is 2. The van der Waals surface area contributed by atoms with E-state index in [9.17, 15) is 9.59 Å². The zero-order valence-electron chi connectivity index (χ0n) is 15.6. The number of hydrogen-bond acceptors (Lipinski definition) is 4. The van der Waals surface area contributed by atoms with Gasteiger partial charge in [0, 0.05) is 16.8 Å². The first-order valence-corrected chi connectivity index (χ1v) is 10.1. The maximum absolute atomic E-state index is 12.7. The third kappa shape index (κ3) is 3.18. The standard InChI is InChI=1S/C21H23N3O2S/c1-14-15(2)27-19-18(14)20(26)24(13-23-19)11-17(25)22-12-21(9-6-10-21)16-7-4-3-5-8-16/h3-5,7-8,13H,6,9-12H2,1-2H3,(H,22,25). The summed E-state index contributed by atoms with van der Waals surface area (Å²) in [7, 11) is 0. The van der Waals surface area contributed by atoms with E-state index in [2.05, 4.69) is 22.4 Å². The SMILES string of the molecule is Cc1sc2ncn(CC(=O)NCC3(c4ccccc4)CCC3)c(=O)c2c1C. The van der Waals surface area contributed by atoms with E-state index in [4.69, 9.17) is 0 Å². The molecule has 2 aromatic heterocycles. The highest BCUT2D eigenvalue weighted by molar-refractivity contribution is 7.18. The van der Waals surface area contributed by atoms with Gasteiger partial charge in [-0.2, -0.15) is 0 Å². The third-order valence-corrected chi connectivity index (χ3v) is 6.91. The Balaban J connectivity index is 1.49. The smallest absolute Gasteiger partial charge is 0.262 e. The highest BCUT2D eigenvalue weighted by Crippen LogP contribution is 2.43. The minimum absolute atomic E-state index is 0.000970. The van der Waals surface area contributed by atoms with E-state index in [1.54, 1.807) is 0 Å². The van der Waals surface area contributed by atoms with Gasteiger partial charge in [-0.05, 0) is 37.8 Å². The van der Waals surface area contributed by atoms with Crippen LogP contribution >= 0.6 is 11.3 Å². The van der Waals surface area contributed by atoms with Crippen LogP contribution in [-0.2, 0) is 16.8 Å². The molecule has 0 radical (unpaired) electrons. The molecule has 140 valence electrons.